The van der Waals surface area contributed by atoms with Crippen molar-refractivity contribution < 1.29 is 9.13 Å². The molecule has 0 spiro atoms. The molecular formula is C17H22FN3O. The average Bonchev–Trinajstić information content (AvgIpc) is 2.49. The van der Waals surface area contributed by atoms with Crippen LogP contribution in [0.2, 0.25) is 0 Å². The number of unbranched alkanes of at least 4 members (excludes halogenated alkanes) is 1. The van der Waals surface area contributed by atoms with Crippen molar-refractivity contribution in [1.82, 2.24) is 9.97 Å². The standard InChI is InChI=1S/C17H22FN3O/c1-3-4-11-22-17-12-16(20-13(2)21-17)19-10-9-14-5-7-15(18)8-6-14/h5-8,12H,3-4,9-11H2,1-2H3,(H,19,20,21). The Balaban J connectivity index is 1.87. The highest BCUT2D eigenvalue weighted by Gasteiger charge is 2.03. The number of hydrogen-bond acceptors (Lipinski definition) is 4. The number of ether oxygens (including phenoxy) is 1. The van der Waals surface area contributed by atoms with Crippen LogP contribution in [0.25, 0.3) is 0 Å². The SMILES string of the molecule is CCCCOc1cc(NCCc2ccc(F)cc2)nc(C)n1. The minimum absolute atomic E-state index is 0.211. The van der Waals surface area contributed by atoms with Crippen molar-refractivity contribution in [3.63, 3.8) is 0 Å². The molecule has 4 nitrogen and oxygen atoms in total. The third-order valence-electron chi connectivity index (χ3n) is 3.20. The second kappa shape index (κ2) is 8.32. The lowest BCUT2D eigenvalue weighted by Gasteiger charge is -2.09. The maximum atomic E-state index is 12.8. The summed E-state index contributed by atoms with van der Waals surface area (Å²) in [5.41, 5.74) is 1.08. The highest BCUT2D eigenvalue weighted by molar-refractivity contribution is 5.38. The van der Waals surface area contributed by atoms with Crippen LogP contribution in [0.15, 0.2) is 30.3 Å². The van der Waals surface area contributed by atoms with E-state index in [1.807, 2.05) is 13.0 Å². The first-order chi connectivity index (χ1) is 10.7. The van der Waals surface area contributed by atoms with Gasteiger partial charge in [0, 0.05) is 12.6 Å². The second-order valence-electron chi connectivity index (χ2n) is 5.14. The average molecular weight is 303 g/mol. The van der Waals surface area contributed by atoms with Gasteiger partial charge in [-0.3, -0.25) is 0 Å². The highest BCUT2D eigenvalue weighted by atomic mass is 19.1. The van der Waals surface area contributed by atoms with Gasteiger partial charge in [0.15, 0.2) is 0 Å². The van der Waals surface area contributed by atoms with E-state index in [0.717, 1.165) is 37.2 Å². The number of nitrogens with one attached hydrogen (secondary N) is 1. The Morgan fingerprint density at radius 1 is 1.18 bits per heavy atom. The molecule has 1 N–H and O–H groups in total. The number of nitrogens with zero attached hydrogens (tertiary/aromatic N) is 2. The third-order valence-corrected chi connectivity index (χ3v) is 3.20. The van der Waals surface area contributed by atoms with Crippen molar-refractivity contribution in [2.45, 2.75) is 33.1 Å². The summed E-state index contributed by atoms with van der Waals surface area (Å²) in [6.07, 6.45) is 2.90. The van der Waals surface area contributed by atoms with E-state index in [0.29, 0.717) is 18.3 Å². The number of rotatable bonds is 8. The first-order valence-electron chi connectivity index (χ1n) is 7.64. The smallest absolute Gasteiger partial charge is 0.218 e. The molecule has 0 atom stereocenters. The van der Waals surface area contributed by atoms with Gasteiger partial charge in [-0.05, 0) is 37.5 Å². The lowest BCUT2D eigenvalue weighted by atomic mass is 10.1. The second-order valence-corrected chi connectivity index (χ2v) is 5.14. The van der Waals surface area contributed by atoms with Crippen LogP contribution in [0.5, 0.6) is 5.88 Å². The zero-order valence-electron chi connectivity index (χ0n) is 13.1. The van der Waals surface area contributed by atoms with Crippen LogP contribution in [-0.2, 0) is 6.42 Å². The molecule has 0 bridgehead atoms. The van der Waals surface area contributed by atoms with Crippen molar-refractivity contribution >= 4 is 5.82 Å². The van der Waals surface area contributed by atoms with Crippen LogP contribution < -0.4 is 10.1 Å². The summed E-state index contributed by atoms with van der Waals surface area (Å²) in [5.74, 6) is 1.82. The van der Waals surface area contributed by atoms with Crippen LogP contribution in [0, 0.1) is 12.7 Å². The molecule has 0 unspecified atom stereocenters. The Bertz CT molecular complexity index is 587. The molecule has 0 aliphatic heterocycles. The van der Waals surface area contributed by atoms with Crippen molar-refractivity contribution in [1.29, 1.82) is 0 Å². The highest BCUT2D eigenvalue weighted by Crippen LogP contribution is 2.14. The van der Waals surface area contributed by atoms with Crippen LogP contribution in [0.3, 0.4) is 0 Å². The fraction of sp³-hybridized carbons (Fsp3) is 0.412. The summed E-state index contributed by atoms with van der Waals surface area (Å²) in [4.78, 5) is 8.61. The predicted octanol–water partition coefficient (Wildman–Crippen LogP) is 3.76. The van der Waals surface area contributed by atoms with Gasteiger partial charge in [-0.2, -0.15) is 4.98 Å². The van der Waals surface area contributed by atoms with Gasteiger partial charge in [0.2, 0.25) is 5.88 Å². The van der Waals surface area contributed by atoms with Gasteiger partial charge in [-0.15, -0.1) is 0 Å². The molecule has 2 rings (SSSR count). The molecule has 0 aliphatic rings. The largest absolute Gasteiger partial charge is 0.478 e. The van der Waals surface area contributed by atoms with Gasteiger partial charge >= 0.3 is 0 Å². The molecule has 0 fully saturated rings. The molecule has 2 aromatic rings. The first-order valence-corrected chi connectivity index (χ1v) is 7.64. The quantitative estimate of drug-likeness (QED) is 0.754. The molecule has 1 heterocycles. The van der Waals surface area contributed by atoms with E-state index >= 15 is 0 Å². The zero-order valence-corrected chi connectivity index (χ0v) is 13.1. The Morgan fingerprint density at radius 3 is 2.68 bits per heavy atom. The van der Waals surface area contributed by atoms with Crippen LogP contribution in [0.1, 0.15) is 31.2 Å². The fourth-order valence-electron chi connectivity index (χ4n) is 2.01. The topological polar surface area (TPSA) is 47.0 Å². The number of aromatic nitrogens is 2. The number of hydrogen-bond donors (Lipinski definition) is 1. The van der Waals surface area contributed by atoms with Crippen LogP contribution in [0.4, 0.5) is 10.2 Å². The fourth-order valence-corrected chi connectivity index (χ4v) is 2.01. The van der Waals surface area contributed by atoms with E-state index in [9.17, 15) is 4.39 Å². The summed E-state index contributed by atoms with van der Waals surface area (Å²) in [7, 11) is 0. The summed E-state index contributed by atoms with van der Waals surface area (Å²) >= 11 is 0. The summed E-state index contributed by atoms with van der Waals surface area (Å²) < 4.78 is 18.5. The first kappa shape index (κ1) is 16.2. The van der Waals surface area contributed by atoms with Crippen molar-refractivity contribution in [2.75, 3.05) is 18.5 Å². The number of halogens is 1. The molecule has 0 saturated heterocycles. The lowest BCUT2D eigenvalue weighted by molar-refractivity contribution is 0.297. The maximum Gasteiger partial charge on any atom is 0.218 e. The van der Waals surface area contributed by atoms with E-state index in [2.05, 4.69) is 22.2 Å². The molecule has 1 aromatic carbocycles. The van der Waals surface area contributed by atoms with Gasteiger partial charge in [-0.25, -0.2) is 9.37 Å². The molecule has 1 aromatic heterocycles. The van der Waals surface area contributed by atoms with Gasteiger partial charge in [0.1, 0.15) is 17.5 Å². The van der Waals surface area contributed by atoms with Gasteiger partial charge < -0.3 is 10.1 Å². The van der Waals surface area contributed by atoms with Gasteiger partial charge in [0.25, 0.3) is 0 Å². The van der Waals surface area contributed by atoms with Crippen LogP contribution >= 0.6 is 0 Å². The Kier molecular flexibility index (Phi) is 6.13. The van der Waals surface area contributed by atoms with Gasteiger partial charge in [-0.1, -0.05) is 25.5 Å². The minimum Gasteiger partial charge on any atom is -0.478 e. The van der Waals surface area contributed by atoms with Crippen molar-refractivity contribution in [3.8, 4) is 5.88 Å². The van der Waals surface area contributed by atoms with Gasteiger partial charge in [0.05, 0.1) is 6.61 Å². The normalized spacial score (nSPS) is 10.5. The molecule has 5 heteroatoms. The molecule has 118 valence electrons. The molecule has 0 amide bonds. The lowest BCUT2D eigenvalue weighted by Crippen LogP contribution is -2.08. The number of aryl methyl sites for hydroxylation is 1. The molecular weight excluding hydrogens is 281 g/mol. The van der Waals surface area contributed by atoms with E-state index in [-0.39, 0.29) is 5.82 Å². The van der Waals surface area contributed by atoms with Crippen molar-refractivity contribution in [2.24, 2.45) is 0 Å². The summed E-state index contributed by atoms with van der Waals surface area (Å²) in [6, 6.07) is 8.35. The Labute approximate surface area is 130 Å². The predicted molar refractivity (Wildman–Crippen MR) is 85.8 cm³/mol. The number of anilines is 1. The molecule has 0 saturated carbocycles. The van der Waals surface area contributed by atoms with E-state index in [1.165, 1.54) is 12.1 Å². The maximum absolute atomic E-state index is 12.8. The number of benzene rings is 1. The molecule has 0 radical (unpaired) electrons. The summed E-state index contributed by atoms with van der Waals surface area (Å²) in [5, 5.41) is 3.25. The van der Waals surface area contributed by atoms with E-state index in [4.69, 9.17) is 4.74 Å². The Hall–Kier alpha value is -2.17. The third kappa shape index (κ3) is 5.31. The minimum atomic E-state index is -0.211. The molecule has 22 heavy (non-hydrogen) atoms. The monoisotopic (exact) mass is 303 g/mol. The van der Waals surface area contributed by atoms with Crippen LogP contribution in [-0.4, -0.2) is 23.1 Å². The van der Waals surface area contributed by atoms with Crippen molar-refractivity contribution in [3.05, 3.63) is 47.5 Å². The summed E-state index contributed by atoms with van der Waals surface area (Å²) in [6.45, 7) is 5.35. The van der Waals surface area contributed by atoms with E-state index < -0.39 is 0 Å². The van der Waals surface area contributed by atoms with E-state index in [1.54, 1.807) is 12.1 Å². The molecule has 0 aliphatic carbocycles. The Morgan fingerprint density at radius 2 is 1.95 bits per heavy atom. The zero-order chi connectivity index (χ0) is 15.8.